The van der Waals surface area contributed by atoms with Crippen molar-refractivity contribution >= 4 is 0 Å². The molecule has 2 atom stereocenters. The molecule has 1 aromatic carbocycles. The van der Waals surface area contributed by atoms with Gasteiger partial charge in [-0.25, -0.2) is 0 Å². The van der Waals surface area contributed by atoms with Gasteiger partial charge in [0, 0.05) is 12.6 Å². The summed E-state index contributed by atoms with van der Waals surface area (Å²) >= 11 is 0. The minimum absolute atomic E-state index is 0.147. The molecule has 0 spiro atoms. The van der Waals surface area contributed by atoms with E-state index in [0.717, 1.165) is 18.9 Å². The number of nitrogens with one attached hydrogen (secondary N) is 1. The summed E-state index contributed by atoms with van der Waals surface area (Å²) in [5.74, 6) is 0.947. The zero-order valence-electron chi connectivity index (χ0n) is 11.0. The Kier molecular flexibility index (Phi) is 3.69. The van der Waals surface area contributed by atoms with Crippen molar-refractivity contribution in [2.24, 2.45) is 0 Å². The number of benzene rings is 1. The van der Waals surface area contributed by atoms with Crippen molar-refractivity contribution in [3.63, 3.8) is 0 Å². The summed E-state index contributed by atoms with van der Waals surface area (Å²) in [6.45, 7) is 8.12. The highest BCUT2D eigenvalue weighted by Gasteiger charge is 2.25. The van der Waals surface area contributed by atoms with Crippen LogP contribution in [0.5, 0.6) is 5.75 Å². The van der Waals surface area contributed by atoms with Gasteiger partial charge in [0.15, 0.2) is 0 Å². The van der Waals surface area contributed by atoms with Gasteiger partial charge < -0.3 is 14.8 Å². The number of hydrogen-bond donors (Lipinski definition) is 1. The van der Waals surface area contributed by atoms with Crippen LogP contribution in [0.3, 0.4) is 0 Å². The summed E-state index contributed by atoms with van der Waals surface area (Å²) in [5.41, 5.74) is 3.74. The van der Waals surface area contributed by atoms with Gasteiger partial charge in [0.05, 0.1) is 19.8 Å². The molecule has 1 aromatic rings. The first-order valence-corrected chi connectivity index (χ1v) is 6.14. The van der Waals surface area contributed by atoms with E-state index in [-0.39, 0.29) is 6.10 Å². The van der Waals surface area contributed by atoms with Crippen LogP contribution in [-0.2, 0) is 4.74 Å². The van der Waals surface area contributed by atoms with E-state index in [1.54, 1.807) is 7.11 Å². The van der Waals surface area contributed by atoms with Crippen LogP contribution in [0, 0.1) is 13.8 Å². The molecule has 1 aliphatic heterocycles. The van der Waals surface area contributed by atoms with Crippen LogP contribution < -0.4 is 10.1 Å². The first kappa shape index (κ1) is 12.4. The third kappa shape index (κ3) is 2.31. The van der Waals surface area contributed by atoms with Crippen LogP contribution >= 0.6 is 0 Å². The molecule has 1 fully saturated rings. The fraction of sp³-hybridized carbons (Fsp3) is 0.571. The first-order chi connectivity index (χ1) is 8.15. The van der Waals surface area contributed by atoms with Crippen LogP contribution in [0.15, 0.2) is 12.1 Å². The number of morpholine rings is 1. The molecule has 0 radical (unpaired) electrons. The van der Waals surface area contributed by atoms with E-state index in [2.05, 4.69) is 32.2 Å². The third-order valence-corrected chi connectivity index (χ3v) is 3.63. The molecule has 1 heterocycles. The van der Waals surface area contributed by atoms with E-state index in [1.165, 1.54) is 16.7 Å². The van der Waals surface area contributed by atoms with Crippen LogP contribution in [0.1, 0.15) is 29.7 Å². The van der Waals surface area contributed by atoms with Gasteiger partial charge in [-0.15, -0.1) is 0 Å². The molecule has 1 aliphatic rings. The Balaban J connectivity index is 2.35. The van der Waals surface area contributed by atoms with E-state index in [0.29, 0.717) is 6.04 Å². The van der Waals surface area contributed by atoms with Crippen molar-refractivity contribution in [1.82, 2.24) is 5.32 Å². The highest BCUT2D eigenvalue weighted by molar-refractivity contribution is 5.44. The second-order valence-electron chi connectivity index (χ2n) is 4.64. The zero-order valence-corrected chi connectivity index (χ0v) is 11.0. The van der Waals surface area contributed by atoms with Crippen molar-refractivity contribution in [2.45, 2.75) is 32.9 Å². The maximum Gasteiger partial charge on any atom is 0.122 e. The largest absolute Gasteiger partial charge is 0.496 e. The molecule has 1 N–H and O–H groups in total. The molecule has 0 aliphatic carbocycles. The smallest absolute Gasteiger partial charge is 0.122 e. The highest BCUT2D eigenvalue weighted by Crippen LogP contribution is 2.31. The lowest BCUT2D eigenvalue weighted by Crippen LogP contribution is -2.41. The van der Waals surface area contributed by atoms with Crippen molar-refractivity contribution in [3.05, 3.63) is 28.8 Å². The van der Waals surface area contributed by atoms with Crippen LogP contribution in [0.2, 0.25) is 0 Å². The maximum absolute atomic E-state index is 5.88. The fourth-order valence-electron chi connectivity index (χ4n) is 2.43. The Labute approximate surface area is 103 Å². The molecule has 3 heteroatoms. The Bertz CT molecular complexity index is 403. The zero-order chi connectivity index (χ0) is 12.4. The molecule has 0 saturated carbocycles. The average molecular weight is 235 g/mol. The van der Waals surface area contributed by atoms with E-state index >= 15 is 0 Å². The number of ether oxygens (including phenoxy) is 2. The maximum atomic E-state index is 5.88. The highest BCUT2D eigenvalue weighted by atomic mass is 16.5. The van der Waals surface area contributed by atoms with Crippen molar-refractivity contribution in [2.75, 3.05) is 20.3 Å². The van der Waals surface area contributed by atoms with Crippen LogP contribution in [0.4, 0.5) is 0 Å². The summed E-state index contributed by atoms with van der Waals surface area (Å²) in [7, 11) is 1.71. The van der Waals surface area contributed by atoms with Gasteiger partial charge in [-0.3, -0.25) is 0 Å². The Morgan fingerprint density at radius 2 is 2.06 bits per heavy atom. The molecule has 3 nitrogen and oxygen atoms in total. The lowest BCUT2D eigenvalue weighted by molar-refractivity contribution is -0.000644. The quantitative estimate of drug-likeness (QED) is 0.853. The predicted octanol–water partition coefficient (Wildman–Crippen LogP) is 2.36. The van der Waals surface area contributed by atoms with Crippen molar-refractivity contribution < 1.29 is 9.47 Å². The van der Waals surface area contributed by atoms with E-state index < -0.39 is 0 Å². The summed E-state index contributed by atoms with van der Waals surface area (Å²) in [6, 6.07) is 4.51. The summed E-state index contributed by atoms with van der Waals surface area (Å²) in [5, 5.41) is 3.45. The summed E-state index contributed by atoms with van der Waals surface area (Å²) in [6.07, 6.45) is 0.147. The molecule has 0 amide bonds. The average Bonchev–Trinajstić information content (AvgIpc) is 2.34. The van der Waals surface area contributed by atoms with Crippen LogP contribution in [-0.4, -0.2) is 26.3 Å². The van der Waals surface area contributed by atoms with Gasteiger partial charge in [-0.1, -0.05) is 6.07 Å². The van der Waals surface area contributed by atoms with Gasteiger partial charge in [-0.2, -0.15) is 0 Å². The molecular formula is C14H21NO2. The molecule has 17 heavy (non-hydrogen) atoms. The molecular weight excluding hydrogens is 214 g/mol. The van der Waals surface area contributed by atoms with E-state index in [1.807, 2.05) is 6.07 Å². The van der Waals surface area contributed by atoms with Crippen molar-refractivity contribution in [1.29, 1.82) is 0 Å². The van der Waals surface area contributed by atoms with Gasteiger partial charge >= 0.3 is 0 Å². The molecule has 2 unspecified atom stereocenters. The van der Waals surface area contributed by atoms with Gasteiger partial charge in [0.25, 0.3) is 0 Å². The Morgan fingerprint density at radius 1 is 1.29 bits per heavy atom. The van der Waals surface area contributed by atoms with Gasteiger partial charge in [0.1, 0.15) is 5.75 Å². The lowest BCUT2D eigenvalue weighted by Gasteiger charge is -2.32. The van der Waals surface area contributed by atoms with Crippen molar-refractivity contribution in [3.8, 4) is 5.75 Å². The number of rotatable bonds is 2. The Hall–Kier alpha value is -1.06. The first-order valence-electron chi connectivity index (χ1n) is 6.14. The molecule has 0 aromatic heterocycles. The SMILES string of the molecule is COc1ccc(C2OCCNC2C)c(C)c1C. The van der Waals surface area contributed by atoms with Gasteiger partial charge in [0.2, 0.25) is 0 Å². The van der Waals surface area contributed by atoms with E-state index in [9.17, 15) is 0 Å². The number of methoxy groups -OCH3 is 1. The lowest BCUT2D eigenvalue weighted by atomic mass is 9.94. The second kappa shape index (κ2) is 5.07. The molecule has 0 bridgehead atoms. The molecule has 2 rings (SSSR count). The van der Waals surface area contributed by atoms with E-state index in [4.69, 9.17) is 9.47 Å². The minimum atomic E-state index is 0.147. The fourth-order valence-corrected chi connectivity index (χ4v) is 2.43. The summed E-state index contributed by atoms with van der Waals surface area (Å²) < 4.78 is 11.2. The third-order valence-electron chi connectivity index (χ3n) is 3.63. The van der Waals surface area contributed by atoms with Crippen LogP contribution in [0.25, 0.3) is 0 Å². The monoisotopic (exact) mass is 235 g/mol. The summed E-state index contributed by atoms with van der Waals surface area (Å²) in [4.78, 5) is 0. The molecule has 94 valence electrons. The predicted molar refractivity (Wildman–Crippen MR) is 68.6 cm³/mol. The Morgan fingerprint density at radius 3 is 2.71 bits per heavy atom. The molecule has 1 saturated heterocycles. The standard InChI is InChI=1S/C14H21NO2/c1-9-10(2)13(16-4)6-5-12(9)14-11(3)15-7-8-17-14/h5-6,11,14-15H,7-8H2,1-4H3. The second-order valence-corrected chi connectivity index (χ2v) is 4.64. The minimum Gasteiger partial charge on any atom is -0.496 e. The normalized spacial score (nSPS) is 24.7. The number of hydrogen-bond acceptors (Lipinski definition) is 3. The topological polar surface area (TPSA) is 30.5 Å². The van der Waals surface area contributed by atoms with Gasteiger partial charge in [-0.05, 0) is 43.5 Å².